The number of ketones is 1. The van der Waals surface area contributed by atoms with Gasteiger partial charge >= 0.3 is 0 Å². The van der Waals surface area contributed by atoms with Crippen LogP contribution in [0.1, 0.15) is 5.56 Å². The van der Waals surface area contributed by atoms with Gasteiger partial charge < -0.3 is 14.2 Å². The maximum Gasteiger partial charge on any atom is 0.232 e. The van der Waals surface area contributed by atoms with E-state index >= 15 is 0 Å². The van der Waals surface area contributed by atoms with Crippen molar-refractivity contribution >= 4 is 21.9 Å². The lowest BCUT2D eigenvalue weighted by Gasteiger charge is -2.22. The van der Waals surface area contributed by atoms with Crippen LogP contribution in [0.2, 0.25) is 0 Å². The summed E-state index contributed by atoms with van der Waals surface area (Å²) in [5, 5.41) is 0. The second-order valence-corrected chi connectivity index (χ2v) is 7.05. The molecule has 0 amide bonds. The van der Waals surface area contributed by atoms with Crippen molar-refractivity contribution in [2.75, 3.05) is 34.1 Å². The zero-order valence-electron chi connectivity index (χ0n) is 13.9. The van der Waals surface area contributed by atoms with Crippen molar-refractivity contribution < 1.29 is 27.4 Å². The van der Waals surface area contributed by atoms with Gasteiger partial charge in [0.15, 0.2) is 17.3 Å². The van der Waals surface area contributed by atoms with E-state index in [0.29, 0.717) is 28.4 Å². The zero-order valence-corrected chi connectivity index (χ0v) is 14.7. The van der Waals surface area contributed by atoms with Gasteiger partial charge in [-0.05, 0) is 23.8 Å². The monoisotopic (exact) mass is 353 g/mol. The maximum absolute atomic E-state index is 12.0. The number of nitrogens with zero attached hydrogens (tertiary/aromatic N) is 1. The third-order valence-electron chi connectivity index (χ3n) is 3.49. The quantitative estimate of drug-likeness (QED) is 0.745. The van der Waals surface area contributed by atoms with E-state index in [4.69, 9.17) is 14.2 Å². The van der Waals surface area contributed by atoms with Crippen LogP contribution in [0.15, 0.2) is 30.0 Å². The maximum atomic E-state index is 12.0. The van der Waals surface area contributed by atoms with Crippen molar-refractivity contribution in [1.29, 1.82) is 0 Å². The van der Waals surface area contributed by atoms with Crippen molar-refractivity contribution in [2.45, 2.75) is 0 Å². The molecule has 0 unspecified atom stereocenters. The van der Waals surface area contributed by atoms with Crippen LogP contribution in [0, 0.1) is 0 Å². The molecule has 1 heterocycles. The highest BCUT2D eigenvalue weighted by atomic mass is 32.2. The number of ether oxygens (including phenoxy) is 3. The van der Waals surface area contributed by atoms with Crippen molar-refractivity contribution in [3.05, 3.63) is 35.5 Å². The van der Waals surface area contributed by atoms with E-state index in [1.54, 1.807) is 18.2 Å². The molecule has 0 aliphatic carbocycles. The zero-order chi connectivity index (χ0) is 17.9. The molecule has 0 saturated carbocycles. The van der Waals surface area contributed by atoms with Gasteiger partial charge in [0.05, 0.1) is 34.1 Å². The van der Waals surface area contributed by atoms with Gasteiger partial charge in [0.2, 0.25) is 15.8 Å². The van der Waals surface area contributed by atoms with E-state index in [2.05, 4.69) is 0 Å². The third-order valence-corrected chi connectivity index (χ3v) is 4.59. The first-order chi connectivity index (χ1) is 11.3. The lowest BCUT2D eigenvalue weighted by Crippen LogP contribution is -2.31. The van der Waals surface area contributed by atoms with Crippen LogP contribution in [0.25, 0.3) is 6.08 Å². The minimum absolute atomic E-state index is 0.0230. The molecule has 8 heteroatoms. The molecular weight excluding hydrogens is 334 g/mol. The lowest BCUT2D eigenvalue weighted by atomic mass is 10.0. The standard InChI is InChI=1S/C16H19NO6S/c1-21-14-8-11(9-15(22-2)16(14)23-3)7-12-10-17(24(4,19)20)6-5-13(12)18/h5-9H,10H2,1-4H3/b12-7+. The summed E-state index contributed by atoms with van der Waals surface area (Å²) in [6.07, 6.45) is 5.19. The lowest BCUT2D eigenvalue weighted by molar-refractivity contribution is -0.111. The Bertz CT molecular complexity index is 785. The fourth-order valence-corrected chi connectivity index (χ4v) is 2.94. The van der Waals surface area contributed by atoms with Gasteiger partial charge in [-0.25, -0.2) is 8.42 Å². The number of carbonyl (C=O) groups is 1. The molecule has 0 spiro atoms. The molecule has 2 rings (SSSR count). The van der Waals surface area contributed by atoms with Gasteiger partial charge in [0.1, 0.15) is 0 Å². The fraction of sp³-hybridized carbons (Fsp3) is 0.312. The summed E-state index contributed by atoms with van der Waals surface area (Å²) < 4.78 is 40.2. The number of rotatable bonds is 5. The molecule has 1 aliphatic rings. The van der Waals surface area contributed by atoms with Crippen LogP contribution < -0.4 is 14.2 Å². The van der Waals surface area contributed by atoms with Crippen molar-refractivity contribution in [3.8, 4) is 17.2 Å². The molecule has 0 bridgehead atoms. The second-order valence-electron chi connectivity index (χ2n) is 5.12. The minimum atomic E-state index is -3.43. The number of sulfonamides is 1. The molecule has 7 nitrogen and oxygen atoms in total. The molecule has 0 atom stereocenters. The summed E-state index contributed by atoms with van der Waals surface area (Å²) in [6, 6.07) is 3.37. The van der Waals surface area contributed by atoms with Crippen molar-refractivity contribution in [3.63, 3.8) is 0 Å². The summed E-state index contributed by atoms with van der Waals surface area (Å²) in [6.45, 7) is -0.0230. The average molecular weight is 353 g/mol. The van der Waals surface area contributed by atoms with E-state index in [-0.39, 0.29) is 12.3 Å². The Labute approximate surface area is 141 Å². The summed E-state index contributed by atoms with van der Waals surface area (Å²) in [4.78, 5) is 12.0. The molecule has 0 fully saturated rings. The Morgan fingerprint density at radius 1 is 1.08 bits per heavy atom. The largest absolute Gasteiger partial charge is 0.493 e. The second kappa shape index (κ2) is 6.96. The van der Waals surface area contributed by atoms with Crippen LogP contribution in [0.5, 0.6) is 17.2 Å². The first-order valence-corrected chi connectivity index (χ1v) is 8.85. The van der Waals surface area contributed by atoms with Crippen LogP contribution in [-0.4, -0.2) is 52.6 Å². The molecule has 0 N–H and O–H groups in total. The highest BCUT2D eigenvalue weighted by Crippen LogP contribution is 2.38. The van der Waals surface area contributed by atoms with Crippen molar-refractivity contribution in [1.82, 2.24) is 4.31 Å². The first kappa shape index (κ1) is 17.9. The number of hydrogen-bond donors (Lipinski definition) is 0. The Morgan fingerprint density at radius 2 is 1.67 bits per heavy atom. The molecule has 24 heavy (non-hydrogen) atoms. The van der Waals surface area contributed by atoms with Gasteiger partial charge in [-0.1, -0.05) is 0 Å². The highest BCUT2D eigenvalue weighted by molar-refractivity contribution is 7.88. The highest BCUT2D eigenvalue weighted by Gasteiger charge is 2.22. The fourth-order valence-electron chi connectivity index (χ4n) is 2.29. The molecule has 1 aromatic carbocycles. The van der Waals surface area contributed by atoms with Gasteiger partial charge in [0.25, 0.3) is 0 Å². The van der Waals surface area contributed by atoms with Crippen LogP contribution >= 0.6 is 0 Å². The average Bonchev–Trinajstić information content (AvgIpc) is 2.54. The SMILES string of the molecule is COc1cc(/C=C2\CN(S(C)(=O)=O)C=CC2=O)cc(OC)c1OC. The van der Waals surface area contributed by atoms with Crippen LogP contribution in [-0.2, 0) is 14.8 Å². The molecule has 0 aromatic heterocycles. The van der Waals surface area contributed by atoms with E-state index in [1.807, 2.05) is 0 Å². The van der Waals surface area contributed by atoms with Gasteiger partial charge in [-0.2, -0.15) is 0 Å². The number of methoxy groups -OCH3 is 3. The number of hydrogen-bond acceptors (Lipinski definition) is 6. The Morgan fingerprint density at radius 3 is 2.12 bits per heavy atom. The predicted molar refractivity (Wildman–Crippen MR) is 89.8 cm³/mol. The summed E-state index contributed by atoms with van der Waals surface area (Å²) in [7, 11) is 1.06. The van der Waals surface area contributed by atoms with Gasteiger partial charge in [-0.3, -0.25) is 9.10 Å². The van der Waals surface area contributed by atoms with Gasteiger partial charge in [0, 0.05) is 17.8 Å². The molecular formula is C16H19NO6S. The minimum Gasteiger partial charge on any atom is -0.493 e. The van der Waals surface area contributed by atoms with Crippen LogP contribution in [0.3, 0.4) is 0 Å². The molecule has 0 radical (unpaired) electrons. The normalized spacial score (nSPS) is 16.4. The summed E-state index contributed by atoms with van der Waals surface area (Å²) in [5.74, 6) is 1.09. The topological polar surface area (TPSA) is 82.1 Å². The number of carbonyl (C=O) groups excluding carboxylic acids is 1. The molecule has 1 aliphatic heterocycles. The van der Waals surface area contributed by atoms with E-state index in [9.17, 15) is 13.2 Å². The van der Waals surface area contributed by atoms with Crippen molar-refractivity contribution in [2.24, 2.45) is 0 Å². The molecule has 1 aromatic rings. The number of allylic oxidation sites excluding steroid dienone is 1. The smallest absolute Gasteiger partial charge is 0.232 e. The Hall–Kier alpha value is -2.48. The predicted octanol–water partition coefficient (Wildman–Crippen LogP) is 1.45. The third kappa shape index (κ3) is 3.70. The summed E-state index contributed by atoms with van der Waals surface area (Å²) >= 11 is 0. The molecule has 0 saturated heterocycles. The first-order valence-electron chi connectivity index (χ1n) is 7.00. The van der Waals surface area contributed by atoms with Crippen LogP contribution in [0.4, 0.5) is 0 Å². The van der Waals surface area contributed by atoms with Gasteiger partial charge in [-0.15, -0.1) is 0 Å². The molecule has 130 valence electrons. The van der Waals surface area contributed by atoms with E-state index in [1.165, 1.54) is 33.6 Å². The Balaban J connectivity index is 2.47. The van der Waals surface area contributed by atoms with E-state index < -0.39 is 10.0 Å². The number of benzene rings is 1. The summed E-state index contributed by atoms with van der Waals surface area (Å²) in [5.41, 5.74) is 0.980. The Kier molecular flexibility index (Phi) is 5.18. The van der Waals surface area contributed by atoms with E-state index in [0.717, 1.165) is 10.6 Å².